The van der Waals surface area contributed by atoms with Crippen molar-refractivity contribution >= 4 is 5.91 Å². The lowest BCUT2D eigenvalue weighted by atomic mass is 10.2. The van der Waals surface area contributed by atoms with Crippen LogP contribution in [0.5, 0.6) is 0 Å². The highest BCUT2D eigenvalue weighted by atomic mass is 19.4. The van der Waals surface area contributed by atoms with Crippen molar-refractivity contribution in [3.05, 3.63) is 65.7 Å². The SMILES string of the molecule is O=C(c1cccnc1)N(Cc1ccc(F)cc1)CC(F)(F)F. The summed E-state index contributed by atoms with van der Waals surface area (Å²) in [6, 6.07) is 7.82. The van der Waals surface area contributed by atoms with Crippen LogP contribution in [0.25, 0.3) is 0 Å². The first-order chi connectivity index (χ1) is 10.3. The van der Waals surface area contributed by atoms with E-state index in [9.17, 15) is 22.4 Å². The fourth-order valence-corrected chi connectivity index (χ4v) is 1.90. The third-order valence-corrected chi connectivity index (χ3v) is 2.85. The van der Waals surface area contributed by atoms with Gasteiger partial charge in [-0.3, -0.25) is 9.78 Å². The van der Waals surface area contributed by atoms with Crippen molar-refractivity contribution in [2.75, 3.05) is 6.54 Å². The molecule has 1 aromatic carbocycles. The van der Waals surface area contributed by atoms with Crippen LogP contribution in [0.4, 0.5) is 17.6 Å². The van der Waals surface area contributed by atoms with Crippen molar-refractivity contribution in [1.29, 1.82) is 0 Å². The Kier molecular flexibility index (Phi) is 4.75. The lowest BCUT2D eigenvalue weighted by Gasteiger charge is -2.24. The Bertz CT molecular complexity index is 626. The Balaban J connectivity index is 2.22. The van der Waals surface area contributed by atoms with Crippen molar-refractivity contribution in [3.8, 4) is 0 Å². The van der Waals surface area contributed by atoms with Gasteiger partial charge in [0.1, 0.15) is 12.4 Å². The number of halogens is 4. The molecule has 0 unspecified atom stereocenters. The summed E-state index contributed by atoms with van der Waals surface area (Å²) in [6.45, 7) is -1.66. The van der Waals surface area contributed by atoms with E-state index in [-0.39, 0.29) is 12.1 Å². The Morgan fingerprint density at radius 2 is 1.82 bits per heavy atom. The summed E-state index contributed by atoms with van der Waals surface area (Å²) >= 11 is 0. The van der Waals surface area contributed by atoms with Crippen molar-refractivity contribution < 1.29 is 22.4 Å². The van der Waals surface area contributed by atoms with E-state index in [2.05, 4.69) is 4.98 Å². The first-order valence-corrected chi connectivity index (χ1v) is 6.36. The van der Waals surface area contributed by atoms with Gasteiger partial charge in [-0.1, -0.05) is 12.1 Å². The van der Waals surface area contributed by atoms with Crippen molar-refractivity contribution in [1.82, 2.24) is 9.88 Å². The second-order valence-corrected chi connectivity index (χ2v) is 4.64. The van der Waals surface area contributed by atoms with Crippen LogP contribution in [0, 0.1) is 5.82 Å². The average Bonchev–Trinajstić information content (AvgIpc) is 2.48. The molecular weight excluding hydrogens is 300 g/mol. The topological polar surface area (TPSA) is 33.2 Å². The van der Waals surface area contributed by atoms with Crippen LogP contribution in [-0.4, -0.2) is 28.5 Å². The minimum Gasteiger partial charge on any atom is -0.325 e. The maximum absolute atomic E-state index is 12.8. The Morgan fingerprint density at radius 1 is 1.14 bits per heavy atom. The van der Waals surface area contributed by atoms with Gasteiger partial charge in [0.2, 0.25) is 0 Å². The molecule has 0 N–H and O–H groups in total. The molecule has 1 heterocycles. The molecule has 0 aliphatic rings. The summed E-state index contributed by atoms with van der Waals surface area (Å²) < 4.78 is 50.9. The maximum atomic E-state index is 12.8. The predicted octanol–water partition coefficient (Wildman–Crippen LogP) is 3.43. The molecule has 0 spiro atoms. The average molecular weight is 312 g/mol. The summed E-state index contributed by atoms with van der Waals surface area (Å²) in [6.07, 6.45) is -1.90. The number of aromatic nitrogens is 1. The summed E-state index contributed by atoms with van der Waals surface area (Å²) in [5.41, 5.74) is 0.469. The summed E-state index contributed by atoms with van der Waals surface area (Å²) in [4.78, 5) is 16.6. The van der Waals surface area contributed by atoms with Crippen LogP contribution in [0.15, 0.2) is 48.8 Å². The van der Waals surface area contributed by atoms with Gasteiger partial charge in [-0.25, -0.2) is 4.39 Å². The van der Waals surface area contributed by atoms with Crippen LogP contribution in [0.3, 0.4) is 0 Å². The molecule has 116 valence electrons. The van der Waals surface area contributed by atoms with Crippen LogP contribution in [-0.2, 0) is 6.54 Å². The quantitative estimate of drug-likeness (QED) is 0.811. The predicted molar refractivity (Wildman–Crippen MR) is 71.4 cm³/mol. The molecule has 2 rings (SSSR count). The molecule has 2 aromatic rings. The van der Waals surface area contributed by atoms with Gasteiger partial charge in [0.15, 0.2) is 0 Å². The molecule has 22 heavy (non-hydrogen) atoms. The number of benzene rings is 1. The minimum absolute atomic E-state index is 0.0638. The Labute approximate surface area is 124 Å². The third-order valence-electron chi connectivity index (χ3n) is 2.85. The molecule has 0 atom stereocenters. The molecule has 0 aliphatic heterocycles. The van der Waals surface area contributed by atoms with Crippen molar-refractivity contribution in [2.45, 2.75) is 12.7 Å². The van der Waals surface area contributed by atoms with Gasteiger partial charge in [-0.2, -0.15) is 13.2 Å². The number of carbonyl (C=O) groups excluding carboxylic acids is 1. The number of hydrogen-bond donors (Lipinski definition) is 0. The highest BCUT2D eigenvalue weighted by Crippen LogP contribution is 2.20. The Hall–Kier alpha value is -2.44. The van der Waals surface area contributed by atoms with E-state index >= 15 is 0 Å². The Morgan fingerprint density at radius 3 is 2.36 bits per heavy atom. The largest absolute Gasteiger partial charge is 0.406 e. The highest BCUT2D eigenvalue weighted by molar-refractivity contribution is 5.93. The van der Waals surface area contributed by atoms with E-state index in [1.165, 1.54) is 36.7 Å². The summed E-state index contributed by atoms with van der Waals surface area (Å²) in [5.74, 6) is -1.28. The van der Waals surface area contributed by atoms with E-state index in [1.807, 2.05) is 0 Å². The van der Waals surface area contributed by atoms with Gasteiger partial charge in [0.25, 0.3) is 5.91 Å². The van der Waals surface area contributed by atoms with Crippen LogP contribution >= 0.6 is 0 Å². The second-order valence-electron chi connectivity index (χ2n) is 4.64. The molecule has 1 aromatic heterocycles. The van der Waals surface area contributed by atoms with Gasteiger partial charge in [0.05, 0.1) is 5.56 Å². The second kappa shape index (κ2) is 6.55. The van der Waals surface area contributed by atoms with Crippen LogP contribution in [0.2, 0.25) is 0 Å². The van der Waals surface area contributed by atoms with Crippen molar-refractivity contribution in [2.24, 2.45) is 0 Å². The molecule has 7 heteroatoms. The molecule has 0 radical (unpaired) electrons. The number of alkyl halides is 3. The first-order valence-electron chi connectivity index (χ1n) is 6.36. The van der Waals surface area contributed by atoms with Crippen molar-refractivity contribution in [3.63, 3.8) is 0 Å². The van der Waals surface area contributed by atoms with Gasteiger partial charge in [-0.05, 0) is 29.8 Å². The molecular formula is C15H12F4N2O. The fraction of sp³-hybridized carbons (Fsp3) is 0.200. The minimum atomic E-state index is -4.53. The molecule has 1 amide bonds. The smallest absolute Gasteiger partial charge is 0.325 e. The molecule has 0 aliphatic carbocycles. The van der Waals surface area contributed by atoms with E-state index in [1.54, 1.807) is 0 Å². The summed E-state index contributed by atoms with van der Waals surface area (Å²) in [7, 11) is 0. The number of nitrogens with zero attached hydrogens (tertiary/aromatic N) is 2. The number of pyridine rings is 1. The van der Waals surface area contributed by atoms with E-state index in [4.69, 9.17) is 0 Å². The van der Waals surface area contributed by atoms with Crippen LogP contribution < -0.4 is 0 Å². The zero-order chi connectivity index (χ0) is 16.2. The molecule has 0 bridgehead atoms. The number of carbonyl (C=O) groups is 1. The monoisotopic (exact) mass is 312 g/mol. The maximum Gasteiger partial charge on any atom is 0.406 e. The van der Waals surface area contributed by atoms with E-state index in [0.29, 0.717) is 10.5 Å². The molecule has 0 fully saturated rings. The van der Waals surface area contributed by atoms with Crippen LogP contribution in [0.1, 0.15) is 15.9 Å². The van der Waals surface area contributed by atoms with Gasteiger partial charge in [-0.15, -0.1) is 0 Å². The fourth-order valence-electron chi connectivity index (χ4n) is 1.90. The van der Waals surface area contributed by atoms with E-state index in [0.717, 1.165) is 12.1 Å². The lowest BCUT2D eigenvalue weighted by molar-refractivity contribution is -0.141. The molecule has 0 saturated heterocycles. The van der Waals surface area contributed by atoms with E-state index < -0.39 is 24.4 Å². The van der Waals surface area contributed by atoms with Gasteiger partial charge < -0.3 is 4.90 Å². The zero-order valence-electron chi connectivity index (χ0n) is 11.3. The van der Waals surface area contributed by atoms with Gasteiger partial charge in [0, 0.05) is 18.9 Å². The number of amides is 1. The number of rotatable bonds is 4. The third kappa shape index (κ3) is 4.54. The summed E-state index contributed by atoms with van der Waals surface area (Å²) in [5, 5.41) is 0. The number of hydrogen-bond acceptors (Lipinski definition) is 2. The molecule has 0 saturated carbocycles. The zero-order valence-corrected chi connectivity index (χ0v) is 11.3. The van der Waals surface area contributed by atoms with Gasteiger partial charge >= 0.3 is 6.18 Å². The normalized spacial score (nSPS) is 11.3. The first kappa shape index (κ1) is 15.9. The lowest BCUT2D eigenvalue weighted by Crippen LogP contribution is -2.38. The highest BCUT2D eigenvalue weighted by Gasteiger charge is 2.33. The standard InChI is InChI=1S/C15H12F4N2O/c16-13-5-3-11(4-6-13)9-21(10-15(17,18)19)14(22)12-2-1-7-20-8-12/h1-8H,9-10H2. The molecule has 3 nitrogen and oxygen atoms in total.